The van der Waals surface area contributed by atoms with E-state index in [9.17, 15) is 14.7 Å². The predicted octanol–water partition coefficient (Wildman–Crippen LogP) is 5.60. The maximum absolute atomic E-state index is 13.4. The van der Waals surface area contributed by atoms with Gasteiger partial charge >= 0.3 is 0 Å². The van der Waals surface area contributed by atoms with Gasteiger partial charge in [-0.05, 0) is 56.2 Å². The van der Waals surface area contributed by atoms with Crippen LogP contribution in [0.25, 0.3) is 10.2 Å². The Morgan fingerprint density at radius 2 is 1.75 bits per heavy atom. The molecule has 6 nitrogen and oxygen atoms in total. The number of fused-ring (bicyclic) bond motifs is 1. The molecule has 7 heteroatoms. The van der Waals surface area contributed by atoms with Gasteiger partial charge in [0.15, 0.2) is 16.7 Å². The van der Waals surface area contributed by atoms with Gasteiger partial charge in [0.1, 0.15) is 5.76 Å². The topological polar surface area (TPSA) is 83.6 Å². The molecule has 1 amide bonds. The van der Waals surface area contributed by atoms with E-state index >= 15 is 0 Å². The lowest BCUT2D eigenvalue weighted by atomic mass is 9.94. The number of ketones is 1. The average molecular weight is 445 g/mol. The molecule has 0 saturated carbocycles. The van der Waals surface area contributed by atoms with Gasteiger partial charge in [-0.3, -0.25) is 14.5 Å². The molecule has 1 aliphatic rings. The van der Waals surface area contributed by atoms with E-state index in [1.165, 1.54) is 16.2 Å². The standard InChI is InChI=1S/C25H20N2O4S/c1-13-4-8-16(9-5-13)21-20(22(28)18-11-7-15(3)31-18)23(29)24(30)27(21)25-26-17-10-6-14(2)12-19(17)32-25/h4-12,21,29H,1-3H3. The Balaban J connectivity index is 1.68. The van der Waals surface area contributed by atoms with Crippen molar-refractivity contribution in [3.8, 4) is 0 Å². The number of hydrogen-bond donors (Lipinski definition) is 1. The fraction of sp³-hybridized carbons (Fsp3) is 0.160. The van der Waals surface area contributed by atoms with Crippen LogP contribution in [-0.4, -0.2) is 21.8 Å². The molecule has 32 heavy (non-hydrogen) atoms. The van der Waals surface area contributed by atoms with E-state index < -0.39 is 23.5 Å². The molecule has 5 rings (SSSR count). The van der Waals surface area contributed by atoms with E-state index in [4.69, 9.17) is 4.42 Å². The Hall–Kier alpha value is -3.71. The zero-order valence-corrected chi connectivity index (χ0v) is 18.6. The number of thiazole rings is 1. The largest absolute Gasteiger partial charge is 0.503 e. The molecule has 2 aromatic heterocycles. The van der Waals surface area contributed by atoms with E-state index in [0.29, 0.717) is 16.5 Å². The van der Waals surface area contributed by atoms with Crippen LogP contribution in [0.2, 0.25) is 0 Å². The number of amides is 1. The number of hydrogen-bond acceptors (Lipinski definition) is 6. The first-order chi connectivity index (χ1) is 15.3. The third kappa shape index (κ3) is 3.22. The fourth-order valence-corrected chi connectivity index (χ4v) is 5.00. The first-order valence-corrected chi connectivity index (χ1v) is 11.0. The van der Waals surface area contributed by atoms with Crippen LogP contribution in [0.1, 0.15) is 39.0 Å². The van der Waals surface area contributed by atoms with Gasteiger partial charge in [-0.1, -0.05) is 47.2 Å². The monoisotopic (exact) mass is 444 g/mol. The van der Waals surface area contributed by atoms with Gasteiger partial charge in [0.25, 0.3) is 5.91 Å². The van der Waals surface area contributed by atoms with Crippen molar-refractivity contribution < 1.29 is 19.1 Å². The van der Waals surface area contributed by atoms with Crippen molar-refractivity contribution in [1.29, 1.82) is 0 Å². The second-order valence-electron chi connectivity index (χ2n) is 7.96. The molecule has 0 saturated heterocycles. The van der Waals surface area contributed by atoms with Crippen LogP contribution >= 0.6 is 11.3 Å². The minimum atomic E-state index is -0.817. The first-order valence-electron chi connectivity index (χ1n) is 10.1. The summed E-state index contributed by atoms with van der Waals surface area (Å²) in [4.78, 5) is 32.6. The maximum Gasteiger partial charge on any atom is 0.296 e. The zero-order valence-electron chi connectivity index (χ0n) is 17.7. The summed E-state index contributed by atoms with van der Waals surface area (Å²) in [5.74, 6) is -1.10. The van der Waals surface area contributed by atoms with E-state index in [1.54, 1.807) is 19.1 Å². The molecule has 1 N–H and O–H groups in total. The molecule has 1 atom stereocenters. The predicted molar refractivity (Wildman–Crippen MR) is 123 cm³/mol. The van der Waals surface area contributed by atoms with Crippen LogP contribution in [0.4, 0.5) is 5.13 Å². The molecular weight excluding hydrogens is 424 g/mol. The summed E-state index contributed by atoms with van der Waals surface area (Å²) in [5, 5.41) is 11.3. The van der Waals surface area contributed by atoms with Crippen molar-refractivity contribution in [3.05, 3.63) is 94.1 Å². The van der Waals surface area contributed by atoms with Gasteiger partial charge < -0.3 is 9.52 Å². The van der Waals surface area contributed by atoms with Gasteiger partial charge in [-0.25, -0.2) is 4.98 Å². The van der Waals surface area contributed by atoms with Crippen LogP contribution in [0.5, 0.6) is 0 Å². The number of aliphatic hydroxyl groups is 1. The van der Waals surface area contributed by atoms with E-state index in [1.807, 2.05) is 56.3 Å². The van der Waals surface area contributed by atoms with Gasteiger partial charge in [0.2, 0.25) is 5.78 Å². The van der Waals surface area contributed by atoms with E-state index in [2.05, 4.69) is 4.98 Å². The summed E-state index contributed by atoms with van der Waals surface area (Å²) in [6.45, 7) is 5.68. The number of anilines is 1. The number of benzene rings is 2. The molecule has 0 aliphatic carbocycles. The number of carbonyl (C=O) groups excluding carboxylic acids is 2. The second-order valence-corrected chi connectivity index (χ2v) is 8.97. The van der Waals surface area contributed by atoms with Crippen LogP contribution in [-0.2, 0) is 4.79 Å². The Morgan fingerprint density at radius 3 is 2.44 bits per heavy atom. The van der Waals surface area contributed by atoms with Gasteiger partial charge in [-0.2, -0.15) is 0 Å². The summed E-state index contributed by atoms with van der Waals surface area (Å²) in [6, 6.07) is 15.8. The van der Waals surface area contributed by atoms with Crippen molar-refractivity contribution in [2.75, 3.05) is 4.90 Å². The van der Waals surface area contributed by atoms with Crippen molar-refractivity contribution in [1.82, 2.24) is 4.98 Å². The molecule has 0 spiro atoms. The highest BCUT2D eigenvalue weighted by Gasteiger charge is 2.46. The summed E-state index contributed by atoms with van der Waals surface area (Å²) in [6.07, 6.45) is 0. The van der Waals surface area contributed by atoms with E-state index in [-0.39, 0.29) is 11.3 Å². The normalized spacial score (nSPS) is 16.4. The van der Waals surface area contributed by atoms with Crippen LogP contribution < -0.4 is 4.90 Å². The number of Topliss-reactive ketones (excluding diaryl/α,β-unsaturated/α-hetero) is 1. The molecule has 0 fully saturated rings. The average Bonchev–Trinajstić information content (AvgIpc) is 3.44. The molecule has 2 aromatic carbocycles. The van der Waals surface area contributed by atoms with Crippen molar-refractivity contribution >= 4 is 38.4 Å². The van der Waals surface area contributed by atoms with Crippen molar-refractivity contribution in [3.63, 3.8) is 0 Å². The lowest BCUT2D eigenvalue weighted by Gasteiger charge is -2.24. The molecule has 1 aliphatic heterocycles. The van der Waals surface area contributed by atoms with Crippen LogP contribution in [0.3, 0.4) is 0 Å². The number of furan rings is 1. The molecule has 0 bridgehead atoms. The lowest BCUT2D eigenvalue weighted by molar-refractivity contribution is -0.117. The van der Waals surface area contributed by atoms with Crippen molar-refractivity contribution in [2.45, 2.75) is 26.8 Å². The number of nitrogens with zero attached hydrogens (tertiary/aromatic N) is 2. The summed E-state index contributed by atoms with van der Waals surface area (Å²) in [7, 11) is 0. The number of carbonyl (C=O) groups is 2. The molecule has 160 valence electrons. The van der Waals surface area contributed by atoms with Gasteiger partial charge in [0.05, 0.1) is 21.8 Å². The summed E-state index contributed by atoms with van der Waals surface area (Å²) < 4.78 is 6.44. The number of aromatic nitrogens is 1. The Labute approximate surface area is 188 Å². The lowest BCUT2D eigenvalue weighted by Crippen LogP contribution is -2.30. The highest BCUT2D eigenvalue weighted by Crippen LogP contribution is 2.44. The molecule has 0 radical (unpaired) electrons. The molecular formula is C25H20N2O4S. The first kappa shape index (κ1) is 20.2. The highest BCUT2D eigenvalue weighted by atomic mass is 32.1. The number of rotatable bonds is 4. The van der Waals surface area contributed by atoms with Gasteiger partial charge in [-0.15, -0.1) is 0 Å². The summed E-state index contributed by atoms with van der Waals surface area (Å²) in [5.41, 5.74) is 3.58. The Bertz CT molecular complexity index is 1410. The minimum absolute atomic E-state index is 0.0105. The van der Waals surface area contributed by atoms with Gasteiger partial charge in [0, 0.05) is 0 Å². The maximum atomic E-state index is 13.4. The van der Waals surface area contributed by atoms with Crippen LogP contribution in [0.15, 0.2) is 70.3 Å². The Kier molecular flexibility index (Phi) is 4.71. The third-order valence-corrected chi connectivity index (χ3v) is 6.57. The number of aliphatic hydroxyl groups excluding tert-OH is 1. The minimum Gasteiger partial charge on any atom is -0.503 e. The van der Waals surface area contributed by atoms with Crippen molar-refractivity contribution in [2.24, 2.45) is 0 Å². The zero-order chi connectivity index (χ0) is 22.6. The molecule has 1 unspecified atom stereocenters. The quantitative estimate of drug-likeness (QED) is 0.414. The summed E-state index contributed by atoms with van der Waals surface area (Å²) >= 11 is 1.35. The third-order valence-electron chi connectivity index (χ3n) is 5.55. The van der Waals surface area contributed by atoms with Crippen LogP contribution in [0, 0.1) is 20.8 Å². The smallest absolute Gasteiger partial charge is 0.296 e. The Morgan fingerprint density at radius 1 is 1.03 bits per heavy atom. The molecule has 3 heterocycles. The number of aryl methyl sites for hydroxylation is 3. The highest BCUT2D eigenvalue weighted by molar-refractivity contribution is 7.22. The fourth-order valence-electron chi connectivity index (χ4n) is 3.91. The second kappa shape index (κ2) is 7.46. The SMILES string of the molecule is Cc1ccc(C2C(C(=O)c3ccc(C)o3)=C(O)C(=O)N2c2nc3ccc(C)cc3s2)cc1. The molecule has 4 aromatic rings. The van der Waals surface area contributed by atoms with E-state index in [0.717, 1.165) is 21.3 Å².